The third-order valence-electron chi connectivity index (χ3n) is 4.74. The predicted octanol–water partition coefficient (Wildman–Crippen LogP) is 2.05. The van der Waals surface area contributed by atoms with Gasteiger partial charge in [0.15, 0.2) is 0 Å². The van der Waals surface area contributed by atoms with Gasteiger partial charge in [-0.3, -0.25) is 9.59 Å². The van der Waals surface area contributed by atoms with E-state index in [1.54, 1.807) is 30.3 Å². The summed E-state index contributed by atoms with van der Waals surface area (Å²) >= 11 is 0. The van der Waals surface area contributed by atoms with Crippen molar-refractivity contribution in [3.8, 4) is 11.3 Å². The third-order valence-corrected chi connectivity index (χ3v) is 4.74. The summed E-state index contributed by atoms with van der Waals surface area (Å²) in [7, 11) is 0. The second-order valence-electron chi connectivity index (χ2n) is 6.87. The van der Waals surface area contributed by atoms with Crippen molar-refractivity contribution in [2.75, 3.05) is 13.1 Å². The van der Waals surface area contributed by atoms with Gasteiger partial charge in [0.2, 0.25) is 11.8 Å². The highest BCUT2D eigenvalue weighted by molar-refractivity contribution is 5.85. The van der Waals surface area contributed by atoms with Crippen molar-refractivity contribution >= 4 is 17.6 Å². The molecule has 0 aliphatic carbocycles. The number of halogens is 3. The van der Waals surface area contributed by atoms with Crippen molar-refractivity contribution < 1.29 is 22.8 Å². The second kappa shape index (κ2) is 7.73. The van der Waals surface area contributed by atoms with Gasteiger partial charge in [-0.15, -0.1) is 5.10 Å². The van der Waals surface area contributed by atoms with Crippen LogP contribution in [0.1, 0.15) is 24.2 Å². The maximum Gasteiger partial charge on any atom is 0.453 e. The smallest absolute Gasteiger partial charge is 0.350 e. The zero-order chi connectivity index (χ0) is 21.3. The molecule has 1 N–H and O–H groups in total. The van der Waals surface area contributed by atoms with E-state index >= 15 is 0 Å². The van der Waals surface area contributed by atoms with E-state index in [0.717, 1.165) is 16.5 Å². The molecule has 1 saturated heterocycles. The van der Waals surface area contributed by atoms with Crippen LogP contribution >= 0.6 is 0 Å². The number of hydrogen-bond acceptors (Lipinski definition) is 5. The van der Waals surface area contributed by atoms with Gasteiger partial charge in [0.25, 0.3) is 11.6 Å². The molecule has 1 aliphatic heterocycles. The minimum absolute atomic E-state index is 0.0139. The van der Waals surface area contributed by atoms with Crippen LogP contribution in [-0.4, -0.2) is 49.4 Å². The molecule has 0 atom stereocenters. The largest absolute Gasteiger partial charge is 0.453 e. The number of alkyl halides is 3. The molecule has 0 unspecified atom stereocenters. The Morgan fingerprint density at radius 3 is 2.60 bits per heavy atom. The Morgan fingerprint density at radius 2 is 1.93 bits per heavy atom. The van der Waals surface area contributed by atoms with Crippen molar-refractivity contribution in [3.63, 3.8) is 0 Å². The van der Waals surface area contributed by atoms with Crippen molar-refractivity contribution in [3.05, 3.63) is 47.9 Å². The van der Waals surface area contributed by atoms with Gasteiger partial charge in [0.05, 0.1) is 12.2 Å². The first-order chi connectivity index (χ1) is 14.3. The summed E-state index contributed by atoms with van der Waals surface area (Å²) in [6, 6.07) is 8.49. The lowest BCUT2D eigenvalue weighted by molar-refractivity contribution is -0.144. The fourth-order valence-electron chi connectivity index (χ4n) is 3.23. The lowest BCUT2D eigenvalue weighted by Crippen LogP contribution is -2.37. The standard InChI is InChI=1S/C19H17F3N6O2/c20-19(21,22)17-25-18-23-8-7-14(28(18)26-17)13-5-3-12(4-6-13)10-24-15(29)11-27-9-1-2-16(27)30/h3-8H,1-2,9-11H2,(H,24,29). The monoisotopic (exact) mass is 418 g/mol. The number of carbonyl (C=O) groups is 2. The first-order valence-corrected chi connectivity index (χ1v) is 9.24. The van der Waals surface area contributed by atoms with Gasteiger partial charge < -0.3 is 10.2 Å². The van der Waals surface area contributed by atoms with Crippen LogP contribution in [0.15, 0.2) is 36.5 Å². The highest BCUT2D eigenvalue weighted by atomic mass is 19.4. The van der Waals surface area contributed by atoms with Crippen LogP contribution in [0.2, 0.25) is 0 Å². The third kappa shape index (κ3) is 4.09. The highest BCUT2D eigenvalue weighted by Crippen LogP contribution is 2.27. The molecule has 0 spiro atoms. The number of rotatable bonds is 5. The molecule has 2 amide bonds. The molecule has 0 saturated carbocycles. The number of nitrogens with zero attached hydrogens (tertiary/aromatic N) is 5. The Labute approximate surface area is 168 Å². The summed E-state index contributed by atoms with van der Waals surface area (Å²) < 4.78 is 39.7. The molecule has 1 aliphatic rings. The predicted molar refractivity (Wildman–Crippen MR) is 98.9 cm³/mol. The summed E-state index contributed by atoms with van der Waals surface area (Å²) in [5.74, 6) is -1.65. The van der Waals surface area contributed by atoms with E-state index in [0.29, 0.717) is 24.2 Å². The van der Waals surface area contributed by atoms with E-state index in [9.17, 15) is 22.8 Å². The van der Waals surface area contributed by atoms with E-state index in [1.807, 2.05) is 0 Å². The molecule has 11 heteroatoms. The SMILES string of the molecule is O=C(CN1CCCC1=O)NCc1ccc(-c2ccnc3nc(C(F)(F)F)nn23)cc1. The zero-order valence-corrected chi connectivity index (χ0v) is 15.7. The second-order valence-corrected chi connectivity index (χ2v) is 6.87. The van der Waals surface area contributed by atoms with Gasteiger partial charge in [-0.2, -0.15) is 22.7 Å². The first-order valence-electron chi connectivity index (χ1n) is 9.24. The zero-order valence-electron chi connectivity index (χ0n) is 15.7. The van der Waals surface area contributed by atoms with Crippen LogP contribution in [0, 0.1) is 0 Å². The molecule has 4 rings (SSSR count). The van der Waals surface area contributed by atoms with E-state index in [2.05, 4.69) is 20.4 Å². The molecule has 3 aromatic rings. The van der Waals surface area contributed by atoms with Gasteiger partial charge in [-0.05, 0) is 18.1 Å². The molecule has 0 bridgehead atoms. The number of carbonyl (C=O) groups excluding carboxylic acids is 2. The summed E-state index contributed by atoms with van der Waals surface area (Å²) in [4.78, 5) is 32.4. The van der Waals surface area contributed by atoms with Crippen molar-refractivity contribution in [2.45, 2.75) is 25.6 Å². The lowest BCUT2D eigenvalue weighted by atomic mass is 10.1. The molecule has 30 heavy (non-hydrogen) atoms. The van der Waals surface area contributed by atoms with Crippen LogP contribution < -0.4 is 5.32 Å². The maximum atomic E-state index is 12.9. The number of aromatic nitrogens is 4. The molecule has 2 aromatic heterocycles. The quantitative estimate of drug-likeness (QED) is 0.685. The topological polar surface area (TPSA) is 92.5 Å². The fourth-order valence-corrected chi connectivity index (χ4v) is 3.23. The fraction of sp³-hybridized carbons (Fsp3) is 0.316. The minimum atomic E-state index is -4.66. The molecule has 156 valence electrons. The van der Waals surface area contributed by atoms with Crippen LogP contribution in [0.5, 0.6) is 0 Å². The first kappa shape index (κ1) is 19.8. The minimum Gasteiger partial charge on any atom is -0.350 e. The number of benzene rings is 1. The molecular formula is C19H17F3N6O2. The van der Waals surface area contributed by atoms with E-state index in [4.69, 9.17) is 0 Å². The summed E-state index contributed by atoms with van der Waals surface area (Å²) in [5.41, 5.74) is 1.84. The van der Waals surface area contributed by atoms with E-state index in [-0.39, 0.29) is 30.7 Å². The molecule has 0 radical (unpaired) electrons. The highest BCUT2D eigenvalue weighted by Gasteiger charge is 2.36. The molecule has 3 heterocycles. The molecular weight excluding hydrogens is 401 g/mol. The molecule has 1 fully saturated rings. The van der Waals surface area contributed by atoms with Gasteiger partial charge >= 0.3 is 6.18 Å². The van der Waals surface area contributed by atoms with Crippen LogP contribution in [-0.2, 0) is 22.3 Å². The van der Waals surface area contributed by atoms with Crippen molar-refractivity contribution in [1.82, 2.24) is 29.8 Å². The number of amides is 2. The van der Waals surface area contributed by atoms with Crippen LogP contribution in [0.4, 0.5) is 13.2 Å². The van der Waals surface area contributed by atoms with E-state index < -0.39 is 12.0 Å². The van der Waals surface area contributed by atoms with Crippen LogP contribution in [0.3, 0.4) is 0 Å². The van der Waals surface area contributed by atoms with E-state index in [1.165, 1.54) is 11.1 Å². The van der Waals surface area contributed by atoms with Gasteiger partial charge in [-0.1, -0.05) is 24.3 Å². The Kier molecular flexibility index (Phi) is 5.10. The number of fused-ring (bicyclic) bond motifs is 1. The van der Waals surface area contributed by atoms with Gasteiger partial charge in [0, 0.05) is 31.3 Å². The normalized spacial score (nSPS) is 14.5. The maximum absolute atomic E-state index is 12.9. The Bertz CT molecular complexity index is 1090. The Hall–Kier alpha value is -3.50. The summed E-state index contributed by atoms with van der Waals surface area (Å²) in [6.45, 7) is 0.911. The number of likely N-dealkylation sites (tertiary alicyclic amines) is 1. The average molecular weight is 418 g/mol. The summed E-state index contributed by atoms with van der Waals surface area (Å²) in [6.07, 6.45) is -2.04. The Balaban J connectivity index is 1.45. The average Bonchev–Trinajstić information content (AvgIpc) is 3.33. The molecule has 1 aromatic carbocycles. The summed E-state index contributed by atoms with van der Waals surface area (Å²) in [5, 5.41) is 6.29. The van der Waals surface area contributed by atoms with Gasteiger partial charge in [-0.25, -0.2) is 4.98 Å². The number of nitrogens with one attached hydrogen (secondary N) is 1. The lowest BCUT2D eigenvalue weighted by Gasteiger charge is -2.15. The van der Waals surface area contributed by atoms with Crippen molar-refractivity contribution in [1.29, 1.82) is 0 Å². The molecule has 8 nitrogen and oxygen atoms in total. The van der Waals surface area contributed by atoms with Crippen molar-refractivity contribution in [2.24, 2.45) is 0 Å². The van der Waals surface area contributed by atoms with Gasteiger partial charge in [0.1, 0.15) is 0 Å². The number of hydrogen-bond donors (Lipinski definition) is 1. The van der Waals surface area contributed by atoms with Crippen LogP contribution in [0.25, 0.3) is 17.0 Å². The Morgan fingerprint density at radius 1 is 1.17 bits per heavy atom.